The second-order valence-corrected chi connectivity index (χ2v) is 7.68. The zero-order chi connectivity index (χ0) is 12.6. The van der Waals surface area contributed by atoms with E-state index in [1.807, 2.05) is 13.8 Å². The Balaban J connectivity index is 2.23. The Morgan fingerprint density at radius 3 is 2.29 bits per heavy atom. The van der Waals surface area contributed by atoms with E-state index in [1.54, 1.807) is 0 Å². The number of halogens is 1. The molecule has 1 saturated heterocycles. The summed E-state index contributed by atoms with van der Waals surface area (Å²) in [5, 5.41) is -0.189. The molecule has 1 aliphatic rings. The van der Waals surface area contributed by atoms with E-state index in [4.69, 9.17) is 11.6 Å². The molecule has 0 aromatic heterocycles. The molecule has 2 unspecified atom stereocenters. The maximum Gasteiger partial charge on any atom is 0.150 e. The smallest absolute Gasteiger partial charge is 0.150 e. The Morgan fingerprint density at radius 2 is 1.82 bits per heavy atom. The van der Waals surface area contributed by atoms with E-state index in [9.17, 15) is 8.42 Å². The van der Waals surface area contributed by atoms with Gasteiger partial charge < -0.3 is 0 Å². The fourth-order valence-corrected chi connectivity index (χ4v) is 4.78. The van der Waals surface area contributed by atoms with Gasteiger partial charge in [-0.3, -0.25) is 0 Å². The van der Waals surface area contributed by atoms with Crippen molar-refractivity contribution >= 4 is 21.4 Å². The van der Waals surface area contributed by atoms with E-state index in [2.05, 4.69) is 18.2 Å². The molecule has 94 valence electrons. The molecule has 1 aromatic carbocycles. The molecule has 1 aromatic rings. The minimum Gasteiger partial charge on any atom is -0.229 e. The Bertz CT molecular complexity index is 502. The summed E-state index contributed by atoms with van der Waals surface area (Å²) in [5.41, 5.74) is 3.39. The van der Waals surface area contributed by atoms with Gasteiger partial charge in [-0.2, -0.15) is 0 Å². The molecule has 4 heteroatoms. The van der Waals surface area contributed by atoms with E-state index >= 15 is 0 Å². The molecule has 0 amide bonds. The molecule has 2 nitrogen and oxygen atoms in total. The average molecular weight is 273 g/mol. The third kappa shape index (κ3) is 3.02. The number of rotatable bonds is 2. The zero-order valence-electron chi connectivity index (χ0n) is 10.1. The van der Waals surface area contributed by atoms with E-state index < -0.39 is 9.84 Å². The summed E-state index contributed by atoms with van der Waals surface area (Å²) in [6.45, 7) is 4.07. The Hall–Kier alpha value is -0.540. The molecule has 0 radical (unpaired) electrons. The van der Waals surface area contributed by atoms with Crippen molar-refractivity contribution in [2.75, 3.05) is 11.5 Å². The second kappa shape index (κ2) is 4.62. The summed E-state index contributed by atoms with van der Waals surface area (Å²) in [5.74, 6) is 0.572. The van der Waals surface area contributed by atoms with Crippen molar-refractivity contribution in [3.63, 3.8) is 0 Å². The first-order valence-electron chi connectivity index (χ1n) is 5.80. The zero-order valence-corrected chi connectivity index (χ0v) is 11.7. The summed E-state index contributed by atoms with van der Waals surface area (Å²) in [6, 6.07) is 6.20. The van der Waals surface area contributed by atoms with Crippen LogP contribution in [-0.2, 0) is 9.84 Å². The molecule has 2 atom stereocenters. The lowest BCUT2D eigenvalue weighted by Crippen LogP contribution is -2.10. The first-order valence-corrected chi connectivity index (χ1v) is 8.06. The summed E-state index contributed by atoms with van der Waals surface area (Å²) in [6.07, 6.45) is 0.684. The average Bonchev–Trinajstić information content (AvgIpc) is 2.56. The predicted octanol–water partition coefficient (Wildman–Crippen LogP) is 3.02. The summed E-state index contributed by atoms with van der Waals surface area (Å²) in [7, 11) is -2.85. The van der Waals surface area contributed by atoms with Gasteiger partial charge in [0.05, 0.1) is 16.9 Å². The lowest BCUT2D eigenvalue weighted by molar-refractivity contribution is 0.568. The highest BCUT2D eigenvalue weighted by molar-refractivity contribution is 7.91. The summed E-state index contributed by atoms with van der Waals surface area (Å²) < 4.78 is 22.9. The molecule has 17 heavy (non-hydrogen) atoms. The molecule has 1 heterocycles. The highest BCUT2D eigenvalue weighted by Gasteiger charge is 2.33. The SMILES string of the molecule is Cc1cc(C)cc(C(Cl)C2CCS(=O)(=O)C2)c1. The van der Waals surface area contributed by atoms with Crippen molar-refractivity contribution in [3.05, 3.63) is 34.9 Å². The lowest BCUT2D eigenvalue weighted by Gasteiger charge is -2.17. The third-order valence-electron chi connectivity index (χ3n) is 3.24. The van der Waals surface area contributed by atoms with E-state index in [0.29, 0.717) is 6.42 Å². The molecular formula is C13H17ClO2S. The Kier molecular flexibility index (Phi) is 3.50. The van der Waals surface area contributed by atoms with Gasteiger partial charge in [-0.25, -0.2) is 8.42 Å². The lowest BCUT2D eigenvalue weighted by atomic mass is 9.96. The number of alkyl halides is 1. The number of hydrogen-bond donors (Lipinski definition) is 0. The molecule has 1 fully saturated rings. The molecule has 0 N–H and O–H groups in total. The van der Waals surface area contributed by atoms with Gasteiger partial charge in [-0.05, 0) is 31.7 Å². The van der Waals surface area contributed by atoms with Crippen LogP contribution in [0.1, 0.15) is 28.5 Å². The van der Waals surface area contributed by atoms with Crippen molar-refractivity contribution in [2.45, 2.75) is 25.6 Å². The number of hydrogen-bond acceptors (Lipinski definition) is 2. The largest absolute Gasteiger partial charge is 0.229 e. The van der Waals surface area contributed by atoms with Crippen LogP contribution in [-0.4, -0.2) is 19.9 Å². The van der Waals surface area contributed by atoms with Gasteiger partial charge in [-0.1, -0.05) is 29.3 Å². The van der Waals surface area contributed by atoms with Crippen LogP contribution in [0.5, 0.6) is 0 Å². The van der Waals surface area contributed by atoms with Crippen LogP contribution in [0.15, 0.2) is 18.2 Å². The maximum atomic E-state index is 11.5. The van der Waals surface area contributed by atoms with Crippen molar-refractivity contribution < 1.29 is 8.42 Å². The minimum absolute atomic E-state index is 0.0582. The quantitative estimate of drug-likeness (QED) is 0.776. The molecule has 0 spiro atoms. The minimum atomic E-state index is -2.85. The van der Waals surface area contributed by atoms with E-state index in [1.165, 1.54) is 11.1 Å². The summed E-state index contributed by atoms with van der Waals surface area (Å²) in [4.78, 5) is 0. The normalized spacial score (nSPS) is 24.8. The van der Waals surface area contributed by atoms with Gasteiger partial charge in [0, 0.05) is 0 Å². The fraction of sp³-hybridized carbons (Fsp3) is 0.538. The van der Waals surface area contributed by atoms with E-state index in [0.717, 1.165) is 5.56 Å². The van der Waals surface area contributed by atoms with Crippen molar-refractivity contribution in [2.24, 2.45) is 5.92 Å². The third-order valence-corrected chi connectivity index (χ3v) is 5.65. The molecule has 1 aliphatic heterocycles. The fourth-order valence-electron chi connectivity index (χ4n) is 2.50. The van der Waals surface area contributed by atoms with Crippen molar-refractivity contribution in [1.29, 1.82) is 0 Å². The standard InChI is InChI=1S/C13H17ClO2S/c1-9-5-10(2)7-12(6-9)13(14)11-3-4-17(15,16)8-11/h5-7,11,13H,3-4,8H2,1-2H3. The molecule has 0 aliphatic carbocycles. The molecule has 0 bridgehead atoms. The van der Waals surface area contributed by atoms with E-state index in [-0.39, 0.29) is 22.8 Å². The van der Waals surface area contributed by atoms with Gasteiger partial charge in [0.25, 0.3) is 0 Å². The van der Waals surface area contributed by atoms with Crippen LogP contribution < -0.4 is 0 Å². The Morgan fingerprint density at radius 1 is 1.24 bits per heavy atom. The number of benzene rings is 1. The van der Waals surface area contributed by atoms with Crippen LogP contribution >= 0.6 is 11.6 Å². The van der Waals surface area contributed by atoms with Crippen molar-refractivity contribution in [3.8, 4) is 0 Å². The highest BCUT2D eigenvalue weighted by atomic mass is 35.5. The number of aryl methyl sites for hydroxylation is 2. The predicted molar refractivity (Wildman–Crippen MR) is 71.3 cm³/mol. The molecule has 0 saturated carbocycles. The van der Waals surface area contributed by atoms with Crippen LogP contribution in [0.3, 0.4) is 0 Å². The van der Waals surface area contributed by atoms with Crippen LogP contribution in [0, 0.1) is 19.8 Å². The molecular weight excluding hydrogens is 256 g/mol. The summed E-state index contributed by atoms with van der Waals surface area (Å²) >= 11 is 6.42. The first kappa shape index (κ1) is 12.9. The Labute approximate surface area is 108 Å². The molecule has 2 rings (SSSR count). The van der Waals surface area contributed by atoms with Crippen LogP contribution in [0.4, 0.5) is 0 Å². The first-order chi connectivity index (χ1) is 7.87. The second-order valence-electron chi connectivity index (χ2n) is 4.99. The van der Waals surface area contributed by atoms with Gasteiger partial charge in [-0.15, -0.1) is 11.6 Å². The van der Waals surface area contributed by atoms with Gasteiger partial charge in [0.15, 0.2) is 9.84 Å². The topological polar surface area (TPSA) is 34.1 Å². The van der Waals surface area contributed by atoms with Crippen LogP contribution in [0.2, 0.25) is 0 Å². The van der Waals surface area contributed by atoms with Crippen LogP contribution in [0.25, 0.3) is 0 Å². The van der Waals surface area contributed by atoms with Crippen molar-refractivity contribution in [1.82, 2.24) is 0 Å². The van der Waals surface area contributed by atoms with Gasteiger partial charge in [0.1, 0.15) is 0 Å². The monoisotopic (exact) mass is 272 g/mol. The van der Waals surface area contributed by atoms with Gasteiger partial charge in [0.2, 0.25) is 0 Å². The number of sulfone groups is 1. The van der Waals surface area contributed by atoms with Gasteiger partial charge >= 0.3 is 0 Å². The maximum absolute atomic E-state index is 11.5. The highest BCUT2D eigenvalue weighted by Crippen LogP contribution is 2.36.